The van der Waals surface area contributed by atoms with Crippen LogP contribution >= 0.6 is 11.6 Å². The average molecular weight is 640 g/mol. The van der Waals surface area contributed by atoms with Crippen molar-refractivity contribution in [2.75, 3.05) is 5.32 Å². The van der Waals surface area contributed by atoms with Crippen LogP contribution in [0.2, 0.25) is 5.02 Å². The number of benzene rings is 2. The summed E-state index contributed by atoms with van der Waals surface area (Å²) in [5.41, 5.74) is -1.29. The number of amides is 1. The van der Waals surface area contributed by atoms with E-state index in [1.165, 1.54) is 21.6 Å². The monoisotopic (exact) mass is 639 g/mol. The summed E-state index contributed by atoms with van der Waals surface area (Å²) in [6, 6.07) is 7.72. The van der Waals surface area contributed by atoms with Gasteiger partial charge < -0.3 is 9.72 Å². The number of nitrogens with zero attached hydrogens (tertiary/aromatic N) is 7. The molecule has 0 saturated carbocycles. The van der Waals surface area contributed by atoms with Gasteiger partial charge in [-0.05, 0) is 67.4 Å². The molecule has 0 aliphatic carbocycles. The second-order valence-electron chi connectivity index (χ2n) is 11.5. The Morgan fingerprint density at radius 1 is 1.09 bits per heavy atom. The number of H-pyrrole nitrogens is 1. The van der Waals surface area contributed by atoms with E-state index in [-0.39, 0.29) is 11.7 Å². The average Bonchev–Trinajstić information content (AvgIpc) is 3.69. The SMILES string of the molecule is C[C@H]1Cc2nc(-c3cc(Cl)ccc3-n3cnnn3)cc(=O)n2[C@@H]1c1nc(F)c(-c2ccc(NC(=O)OC(C)(C)C)c(F)c2F)[nH]1. The van der Waals surface area contributed by atoms with Gasteiger partial charge in [0.25, 0.3) is 5.56 Å². The molecule has 6 rings (SSSR count). The molecule has 1 amide bonds. The molecular formula is C29H25ClF3N9O3. The molecule has 2 atom stereocenters. The van der Waals surface area contributed by atoms with E-state index >= 15 is 8.78 Å². The van der Waals surface area contributed by atoms with Crippen LogP contribution in [0, 0.1) is 23.5 Å². The van der Waals surface area contributed by atoms with Crippen molar-refractivity contribution in [2.45, 2.75) is 45.8 Å². The molecule has 45 heavy (non-hydrogen) atoms. The number of hydrogen-bond donors (Lipinski definition) is 2. The number of hydrogen-bond acceptors (Lipinski definition) is 8. The number of ether oxygens (including phenoxy) is 1. The molecule has 12 nitrogen and oxygen atoms in total. The van der Waals surface area contributed by atoms with Crippen molar-refractivity contribution in [1.29, 1.82) is 0 Å². The number of imidazole rings is 1. The first-order valence-electron chi connectivity index (χ1n) is 13.7. The number of carbonyl (C=O) groups excluding carboxylic acids is 1. The lowest BCUT2D eigenvalue weighted by molar-refractivity contribution is 0.0635. The van der Waals surface area contributed by atoms with Crippen molar-refractivity contribution in [3.63, 3.8) is 0 Å². The summed E-state index contributed by atoms with van der Waals surface area (Å²) in [5, 5.41) is 13.8. The van der Waals surface area contributed by atoms with E-state index < -0.39 is 57.8 Å². The van der Waals surface area contributed by atoms with Gasteiger partial charge in [0.15, 0.2) is 11.6 Å². The minimum absolute atomic E-state index is 0.0262. The van der Waals surface area contributed by atoms with Crippen molar-refractivity contribution in [1.82, 2.24) is 39.7 Å². The highest BCUT2D eigenvalue weighted by Crippen LogP contribution is 2.37. The van der Waals surface area contributed by atoms with Crippen LogP contribution in [0.3, 0.4) is 0 Å². The highest BCUT2D eigenvalue weighted by molar-refractivity contribution is 6.31. The molecule has 3 aromatic heterocycles. The molecule has 4 heterocycles. The molecule has 1 aliphatic rings. The van der Waals surface area contributed by atoms with Gasteiger partial charge in [0.2, 0.25) is 5.95 Å². The van der Waals surface area contributed by atoms with Gasteiger partial charge in [-0.25, -0.2) is 23.5 Å². The van der Waals surface area contributed by atoms with E-state index in [0.29, 0.717) is 34.2 Å². The Labute approximate surface area is 258 Å². The third-order valence-corrected chi connectivity index (χ3v) is 7.36. The molecule has 0 saturated heterocycles. The maximum atomic E-state index is 15.2. The summed E-state index contributed by atoms with van der Waals surface area (Å²) in [5.74, 6) is -3.77. The number of tetrazole rings is 1. The Bertz CT molecular complexity index is 2000. The van der Waals surface area contributed by atoms with Crippen LogP contribution < -0.4 is 10.9 Å². The first-order chi connectivity index (χ1) is 21.3. The van der Waals surface area contributed by atoms with E-state index in [9.17, 15) is 14.0 Å². The number of nitrogens with one attached hydrogen (secondary N) is 2. The zero-order valence-corrected chi connectivity index (χ0v) is 25.0. The van der Waals surface area contributed by atoms with E-state index in [4.69, 9.17) is 21.3 Å². The maximum Gasteiger partial charge on any atom is 0.412 e. The van der Waals surface area contributed by atoms with Gasteiger partial charge >= 0.3 is 6.09 Å². The Kier molecular flexibility index (Phi) is 7.43. The first kappa shape index (κ1) is 30.0. The second-order valence-corrected chi connectivity index (χ2v) is 11.9. The van der Waals surface area contributed by atoms with Crippen LogP contribution in [-0.4, -0.2) is 51.4 Å². The fourth-order valence-electron chi connectivity index (χ4n) is 5.29. The van der Waals surface area contributed by atoms with Crippen LogP contribution in [0.5, 0.6) is 0 Å². The zero-order valence-electron chi connectivity index (χ0n) is 24.3. The lowest BCUT2D eigenvalue weighted by Gasteiger charge is -2.20. The number of carbonyl (C=O) groups is 1. The lowest BCUT2D eigenvalue weighted by Crippen LogP contribution is -2.27. The largest absolute Gasteiger partial charge is 0.444 e. The van der Waals surface area contributed by atoms with Crippen molar-refractivity contribution in [3.8, 4) is 28.2 Å². The summed E-state index contributed by atoms with van der Waals surface area (Å²) >= 11 is 6.26. The molecule has 1 aliphatic heterocycles. The van der Waals surface area contributed by atoms with Gasteiger partial charge in [0.05, 0.1) is 23.1 Å². The molecule has 232 valence electrons. The number of anilines is 1. The fourth-order valence-corrected chi connectivity index (χ4v) is 5.46. The molecule has 2 N–H and O–H groups in total. The van der Waals surface area contributed by atoms with Gasteiger partial charge in [-0.2, -0.15) is 9.07 Å². The number of fused-ring (bicyclic) bond motifs is 1. The van der Waals surface area contributed by atoms with Gasteiger partial charge in [-0.3, -0.25) is 14.7 Å². The van der Waals surface area contributed by atoms with E-state index in [2.05, 4.69) is 30.8 Å². The van der Waals surface area contributed by atoms with Crippen molar-refractivity contribution in [2.24, 2.45) is 5.92 Å². The second kappa shape index (κ2) is 11.1. The molecule has 2 aromatic carbocycles. The third-order valence-electron chi connectivity index (χ3n) is 7.12. The molecule has 0 unspecified atom stereocenters. The number of rotatable bonds is 5. The van der Waals surface area contributed by atoms with Crippen molar-refractivity contribution in [3.05, 3.63) is 87.3 Å². The van der Waals surface area contributed by atoms with Crippen molar-refractivity contribution >= 4 is 23.4 Å². The van der Waals surface area contributed by atoms with Crippen LogP contribution in [0.15, 0.2) is 47.5 Å². The summed E-state index contributed by atoms with van der Waals surface area (Å²) in [4.78, 5) is 37.0. The number of halogens is 4. The molecule has 0 bridgehead atoms. The van der Waals surface area contributed by atoms with E-state index in [1.54, 1.807) is 39.0 Å². The predicted molar refractivity (Wildman–Crippen MR) is 156 cm³/mol. The molecule has 0 spiro atoms. The number of aromatic nitrogens is 8. The first-order valence-corrected chi connectivity index (χ1v) is 14.1. The third kappa shape index (κ3) is 5.66. The van der Waals surface area contributed by atoms with Gasteiger partial charge in [-0.1, -0.05) is 18.5 Å². The quantitative estimate of drug-likeness (QED) is 0.257. The summed E-state index contributed by atoms with van der Waals surface area (Å²) in [7, 11) is 0. The normalized spacial score (nSPS) is 16.1. The zero-order chi connectivity index (χ0) is 32.2. The van der Waals surface area contributed by atoms with Gasteiger partial charge in [-0.15, -0.1) is 5.10 Å². The summed E-state index contributed by atoms with van der Waals surface area (Å²) < 4.78 is 53.2. The Morgan fingerprint density at radius 2 is 1.87 bits per heavy atom. The number of aromatic amines is 1. The Balaban J connectivity index is 1.34. The highest BCUT2D eigenvalue weighted by Gasteiger charge is 2.36. The van der Waals surface area contributed by atoms with Gasteiger partial charge in [0.1, 0.15) is 29.3 Å². The van der Waals surface area contributed by atoms with Crippen LogP contribution in [-0.2, 0) is 11.2 Å². The molecular weight excluding hydrogens is 615 g/mol. The molecule has 16 heteroatoms. The van der Waals surface area contributed by atoms with E-state index in [0.717, 1.165) is 12.1 Å². The van der Waals surface area contributed by atoms with Crippen LogP contribution in [0.1, 0.15) is 45.4 Å². The lowest BCUT2D eigenvalue weighted by atomic mass is 10.0. The van der Waals surface area contributed by atoms with Crippen LogP contribution in [0.25, 0.3) is 28.2 Å². The fraction of sp³-hybridized carbons (Fsp3) is 0.276. The van der Waals surface area contributed by atoms with Crippen molar-refractivity contribution < 1.29 is 22.7 Å². The van der Waals surface area contributed by atoms with Crippen LogP contribution in [0.4, 0.5) is 23.7 Å². The predicted octanol–water partition coefficient (Wildman–Crippen LogP) is 5.48. The standard InChI is InChI=1S/C29H25ClF3N9O3/c1-13-9-20-35-18(16-10-14(30)5-8-19(16)41-12-34-39-40-41)11-21(43)42(20)25(13)27-37-24(26(33)38-27)15-6-7-17(23(32)22(15)31)36-28(44)45-29(2,3)4/h5-8,10-13,25H,9H2,1-4H3,(H,36,44)(H,37,38)/t13-,25-/m0/s1. The summed E-state index contributed by atoms with van der Waals surface area (Å²) in [6.45, 7) is 6.69. The smallest absolute Gasteiger partial charge is 0.412 e. The Morgan fingerprint density at radius 3 is 2.58 bits per heavy atom. The summed E-state index contributed by atoms with van der Waals surface area (Å²) in [6.07, 6.45) is 0.746. The van der Waals surface area contributed by atoms with Gasteiger partial charge in [0, 0.05) is 28.6 Å². The molecule has 0 radical (unpaired) electrons. The highest BCUT2D eigenvalue weighted by atomic mass is 35.5. The molecule has 0 fully saturated rings. The maximum absolute atomic E-state index is 15.2. The Hall–Kier alpha value is -5.05. The topological polar surface area (TPSA) is 146 Å². The minimum Gasteiger partial charge on any atom is -0.444 e. The minimum atomic E-state index is -1.42. The van der Waals surface area contributed by atoms with E-state index in [1.807, 2.05) is 6.92 Å². The molecule has 5 aromatic rings.